The SMILES string of the molecule is O=C(Nc1ccc(Cl)c(Cl)c1)NN1C(=O)/C(=C\c2cc(I)c(OCc3ccccc3)c(I)c2)SC1=S. The van der Waals surface area contributed by atoms with Crippen molar-refractivity contribution in [3.63, 3.8) is 0 Å². The summed E-state index contributed by atoms with van der Waals surface area (Å²) in [6, 6.07) is 17.8. The number of nitrogens with zero attached hydrogens (tertiary/aromatic N) is 1. The number of halogens is 4. The van der Waals surface area contributed by atoms with Crippen molar-refractivity contribution in [3.05, 3.63) is 93.9 Å². The number of carbonyl (C=O) groups excluding carboxylic acids is 2. The maximum absolute atomic E-state index is 12.9. The summed E-state index contributed by atoms with van der Waals surface area (Å²) in [4.78, 5) is 25.7. The Morgan fingerprint density at radius 3 is 2.42 bits per heavy atom. The number of urea groups is 1. The summed E-state index contributed by atoms with van der Waals surface area (Å²) in [6.07, 6.45) is 1.74. The van der Waals surface area contributed by atoms with Gasteiger partial charge in [-0.2, -0.15) is 5.01 Å². The van der Waals surface area contributed by atoms with Crippen LogP contribution in [0.4, 0.5) is 10.5 Å². The van der Waals surface area contributed by atoms with Gasteiger partial charge in [-0.25, -0.2) is 10.2 Å². The molecule has 3 amide bonds. The minimum atomic E-state index is -0.644. The van der Waals surface area contributed by atoms with Gasteiger partial charge < -0.3 is 10.1 Å². The molecule has 6 nitrogen and oxygen atoms in total. The van der Waals surface area contributed by atoms with Crippen LogP contribution < -0.4 is 15.5 Å². The zero-order valence-corrected chi connectivity index (χ0v) is 25.5. The minimum absolute atomic E-state index is 0.211. The first-order valence-corrected chi connectivity index (χ1v) is 14.3. The Kier molecular flexibility index (Phi) is 9.39. The van der Waals surface area contributed by atoms with Crippen LogP contribution in [0.5, 0.6) is 5.75 Å². The molecule has 0 bridgehead atoms. The van der Waals surface area contributed by atoms with Crippen molar-refractivity contribution >= 4 is 120 Å². The smallest absolute Gasteiger partial charge is 0.338 e. The molecule has 1 aliphatic heterocycles. The average molecular weight is 782 g/mol. The molecule has 1 saturated heterocycles. The monoisotopic (exact) mass is 781 g/mol. The molecule has 3 aromatic carbocycles. The van der Waals surface area contributed by atoms with Crippen LogP contribution in [-0.4, -0.2) is 21.3 Å². The van der Waals surface area contributed by atoms with Crippen LogP contribution in [0.3, 0.4) is 0 Å². The third-order valence-electron chi connectivity index (χ3n) is 4.73. The number of anilines is 1. The third-order valence-corrected chi connectivity index (χ3v) is 8.37. The molecule has 0 aliphatic carbocycles. The first kappa shape index (κ1) is 27.5. The highest BCUT2D eigenvalue weighted by Crippen LogP contribution is 2.35. The second kappa shape index (κ2) is 12.3. The van der Waals surface area contributed by atoms with E-state index in [1.54, 1.807) is 18.2 Å². The lowest BCUT2D eigenvalue weighted by atomic mass is 10.2. The van der Waals surface area contributed by atoms with Crippen LogP contribution in [-0.2, 0) is 11.4 Å². The van der Waals surface area contributed by atoms with Crippen molar-refractivity contribution < 1.29 is 14.3 Å². The maximum atomic E-state index is 12.9. The Morgan fingerprint density at radius 2 is 1.75 bits per heavy atom. The van der Waals surface area contributed by atoms with Gasteiger partial charge in [0.25, 0.3) is 5.91 Å². The zero-order chi connectivity index (χ0) is 25.8. The highest BCUT2D eigenvalue weighted by Gasteiger charge is 2.33. The standard InChI is InChI=1S/C24H15Cl2I2N3O3S2/c25-16-7-6-15(11-17(16)26)29-23(33)30-31-22(32)20(36-24(31)35)10-14-8-18(27)21(19(28)9-14)34-12-13-4-2-1-3-5-13/h1-11H,12H2,(H2,29,30,33)/b20-10+. The zero-order valence-electron chi connectivity index (χ0n) is 18.1. The van der Waals surface area contributed by atoms with Crippen LogP contribution in [0.1, 0.15) is 11.1 Å². The quantitative estimate of drug-likeness (QED) is 0.152. The number of hydrogen-bond donors (Lipinski definition) is 2. The minimum Gasteiger partial charge on any atom is -0.487 e. The predicted octanol–water partition coefficient (Wildman–Crippen LogP) is 7.72. The van der Waals surface area contributed by atoms with Gasteiger partial charge in [0.05, 0.1) is 22.1 Å². The fraction of sp³-hybridized carbons (Fsp3) is 0.0417. The Labute approximate surface area is 254 Å². The van der Waals surface area contributed by atoms with Crippen LogP contribution in [0, 0.1) is 7.14 Å². The fourth-order valence-electron chi connectivity index (χ4n) is 3.08. The number of amides is 3. The van der Waals surface area contributed by atoms with E-state index in [1.165, 1.54) is 6.07 Å². The van der Waals surface area contributed by atoms with Gasteiger partial charge in [-0.15, -0.1) is 0 Å². The van der Waals surface area contributed by atoms with E-state index in [4.69, 9.17) is 40.2 Å². The van der Waals surface area contributed by atoms with Gasteiger partial charge in [0, 0.05) is 5.69 Å². The number of carbonyl (C=O) groups is 2. The summed E-state index contributed by atoms with van der Waals surface area (Å²) in [6.45, 7) is 0.459. The summed E-state index contributed by atoms with van der Waals surface area (Å²) in [7, 11) is 0. The number of nitrogens with one attached hydrogen (secondary N) is 2. The molecule has 36 heavy (non-hydrogen) atoms. The van der Waals surface area contributed by atoms with Crippen molar-refractivity contribution in [3.8, 4) is 5.75 Å². The molecule has 0 atom stereocenters. The third kappa shape index (κ3) is 6.84. The van der Waals surface area contributed by atoms with Crippen molar-refractivity contribution in [1.82, 2.24) is 10.4 Å². The number of ether oxygens (including phenoxy) is 1. The van der Waals surface area contributed by atoms with E-state index in [9.17, 15) is 9.59 Å². The van der Waals surface area contributed by atoms with E-state index in [2.05, 4.69) is 55.9 Å². The van der Waals surface area contributed by atoms with E-state index in [0.717, 1.165) is 40.8 Å². The van der Waals surface area contributed by atoms with E-state index in [1.807, 2.05) is 42.5 Å². The van der Waals surface area contributed by atoms with Crippen molar-refractivity contribution in [1.29, 1.82) is 0 Å². The lowest BCUT2D eigenvalue weighted by Gasteiger charge is -2.16. The van der Waals surface area contributed by atoms with Gasteiger partial charge in [-0.3, -0.25) is 4.79 Å². The lowest BCUT2D eigenvalue weighted by molar-refractivity contribution is -0.123. The second-order valence-corrected chi connectivity index (χ2v) is 12.1. The van der Waals surface area contributed by atoms with E-state index < -0.39 is 11.9 Å². The highest BCUT2D eigenvalue weighted by atomic mass is 127. The Morgan fingerprint density at radius 1 is 1.06 bits per heavy atom. The van der Waals surface area contributed by atoms with Gasteiger partial charge >= 0.3 is 6.03 Å². The summed E-state index contributed by atoms with van der Waals surface area (Å²) in [5, 5.41) is 4.29. The first-order valence-electron chi connectivity index (χ1n) is 10.2. The second-order valence-electron chi connectivity index (χ2n) is 7.30. The molecule has 4 rings (SSSR count). The molecule has 2 N–H and O–H groups in total. The fourth-order valence-corrected chi connectivity index (χ4v) is 6.69. The van der Waals surface area contributed by atoms with E-state index >= 15 is 0 Å². The molecule has 3 aromatic rings. The summed E-state index contributed by atoms with van der Waals surface area (Å²) < 4.78 is 8.07. The Bertz CT molecular complexity index is 1370. The lowest BCUT2D eigenvalue weighted by Crippen LogP contribution is -2.46. The van der Waals surface area contributed by atoms with Gasteiger partial charge in [-0.1, -0.05) is 65.3 Å². The van der Waals surface area contributed by atoms with Gasteiger partial charge in [0.2, 0.25) is 0 Å². The van der Waals surface area contributed by atoms with Gasteiger partial charge in [-0.05, 0) is 105 Å². The summed E-state index contributed by atoms with van der Waals surface area (Å²) in [5.41, 5.74) is 4.78. The molecule has 0 spiro atoms. The number of benzene rings is 3. The molecular weight excluding hydrogens is 767 g/mol. The molecular formula is C24H15Cl2I2N3O3S2. The van der Waals surface area contributed by atoms with Crippen LogP contribution >= 0.6 is 92.4 Å². The number of hydrogen-bond acceptors (Lipinski definition) is 5. The summed E-state index contributed by atoms with van der Waals surface area (Å²) in [5.74, 6) is 0.356. The summed E-state index contributed by atoms with van der Waals surface area (Å²) >= 11 is 22.7. The molecule has 0 aromatic heterocycles. The van der Waals surface area contributed by atoms with Crippen LogP contribution in [0.2, 0.25) is 10.0 Å². The molecule has 1 fully saturated rings. The van der Waals surface area contributed by atoms with E-state index in [-0.39, 0.29) is 4.32 Å². The Balaban J connectivity index is 1.43. The molecule has 184 valence electrons. The highest BCUT2D eigenvalue weighted by molar-refractivity contribution is 14.1. The maximum Gasteiger partial charge on any atom is 0.338 e. The van der Waals surface area contributed by atoms with Crippen LogP contribution in [0.25, 0.3) is 6.08 Å². The van der Waals surface area contributed by atoms with Crippen molar-refractivity contribution in [2.75, 3.05) is 5.32 Å². The van der Waals surface area contributed by atoms with Gasteiger partial charge in [0.15, 0.2) is 4.32 Å². The largest absolute Gasteiger partial charge is 0.487 e. The normalized spacial score (nSPS) is 14.3. The number of thioether (sulfide) groups is 1. The van der Waals surface area contributed by atoms with Crippen molar-refractivity contribution in [2.45, 2.75) is 6.61 Å². The van der Waals surface area contributed by atoms with Gasteiger partial charge in [0.1, 0.15) is 12.4 Å². The topological polar surface area (TPSA) is 70.7 Å². The molecule has 0 radical (unpaired) electrons. The average Bonchev–Trinajstić information content (AvgIpc) is 3.09. The number of thiocarbonyl (C=S) groups is 1. The first-order chi connectivity index (χ1) is 17.2. The molecule has 12 heteroatoms. The molecule has 0 saturated carbocycles. The molecule has 0 unspecified atom stereocenters. The molecule has 1 aliphatic rings. The predicted molar refractivity (Wildman–Crippen MR) is 166 cm³/mol. The number of rotatable bonds is 6. The van der Waals surface area contributed by atoms with Crippen LogP contribution in [0.15, 0.2) is 65.6 Å². The van der Waals surface area contributed by atoms with Crippen molar-refractivity contribution in [2.24, 2.45) is 0 Å². The Hall–Kier alpha value is -1.58. The van der Waals surface area contributed by atoms with E-state index in [0.29, 0.717) is 27.2 Å². The number of hydrazine groups is 1. The molecule has 1 heterocycles.